The molecule has 3 heterocycles. The molecule has 1 aromatic rings. The van der Waals surface area contributed by atoms with E-state index in [0.717, 1.165) is 55.7 Å². The van der Waals surface area contributed by atoms with Crippen molar-refractivity contribution in [2.24, 2.45) is 5.92 Å². The van der Waals surface area contributed by atoms with Crippen molar-refractivity contribution in [3.8, 4) is 5.75 Å². The number of hydrogen-bond donors (Lipinski definition) is 1. The maximum absolute atomic E-state index is 12.9. The summed E-state index contributed by atoms with van der Waals surface area (Å²) in [6, 6.07) is 7.39. The van der Waals surface area contributed by atoms with E-state index in [9.17, 15) is 9.59 Å². The molecule has 7 nitrogen and oxygen atoms in total. The standard InChI is InChI=1S/C21H29N3O4S/c1-27-18-4-2-17(3-5-18)24-13-16(12-19(24)25)20(26)22-14-21(6-11-29-15-21)23-7-9-28-10-8-23/h2-5,16H,6-15H2,1H3,(H,22,26). The molecule has 3 aliphatic rings. The zero-order chi connectivity index (χ0) is 20.3. The minimum atomic E-state index is -0.305. The van der Waals surface area contributed by atoms with Gasteiger partial charge >= 0.3 is 0 Å². The molecule has 0 bridgehead atoms. The van der Waals surface area contributed by atoms with Crippen molar-refractivity contribution in [1.29, 1.82) is 0 Å². The Kier molecular flexibility index (Phi) is 6.32. The second kappa shape index (κ2) is 8.93. The Hall–Kier alpha value is -1.77. The Balaban J connectivity index is 1.36. The highest BCUT2D eigenvalue weighted by Crippen LogP contribution is 2.34. The lowest BCUT2D eigenvalue weighted by atomic mass is 9.95. The summed E-state index contributed by atoms with van der Waals surface area (Å²) in [7, 11) is 1.61. The van der Waals surface area contributed by atoms with Crippen molar-refractivity contribution in [3.63, 3.8) is 0 Å². The molecule has 1 N–H and O–H groups in total. The number of methoxy groups -OCH3 is 1. The van der Waals surface area contributed by atoms with Crippen LogP contribution < -0.4 is 15.0 Å². The van der Waals surface area contributed by atoms with Crippen LogP contribution in [0.15, 0.2) is 24.3 Å². The van der Waals surface area contributed by atoms with Crippen molar-refractivity contribution in [2.75, 3.05) is 62.9 Å². The molecule has 3 fully saturated rings. The average Bonchev–Trinajstić information content (AvgIpc) is 3.40. The molecule has 2 atom stereocenters. The summed E-state index contributed by atoms with van der Waals surface area (Å²) in [5.74, 6) is 2.58. The lowest BCUT2D eigenvalue weighted by Crippen LogP contribution is -2.59. The number of anilines is 1. The number of nitrogens with zero attached hydrogens (tertiary/aromatic N) is 2. The number of rotatable bonds is 6. The van der Waals surface area contributed by atoms with Crippen LogP contribution in [0, 0.1) is 5.92 Å². The minimum Gasteiger partial charge on any atom is -0.497 e. The molecule has 0 spiro atoms. The predicted octanol–water partition coefficient (Wildman–Crippen LogP) is 1.37. The molecule has 0 saturated carbocycles. The second-order valence-electron chi connectivity index (χ2n) is 7.95. The summed E-state index contributed by atoms with van der Waals surface area (Å²) < 4.78 is 10.7. The highest BCUT2D eigenvalue weighted by molar-refractivity contribution is 7.99. The first-order valence-electron chi connectivity index (χ1n) is 10.2. The fourth-order valence-electron chi connectivity index (χ4n) is 4.43. The van der Waals surface area contributed by atoms with Crippen LogP contribution in [0.2, 0.25) is 0 Å². The normalized spacial score (nSPS) is 28.0. The fourth-order valence-corrected chi connectivity index (χ4v) is 5.90. The maximum Gasteiger partial charge on any atom is 0.227 e. The van der Waals surface area contributed by atoms with Crippen LogP contribution in [0.1, 0.15) is 12.8 Å². The molecule has 1 aromatic carbocycles. The Morgan fingerprint density at radius 3 is 2.72 bits per heavy atom. The predicted molar refractivity (Wildman–Crippen MR) is 114 cm³/mol. The maximum atomic E-state index is 12.9. The number of thioether (sulfide) groups is 1. The molecular weight excluding hydrogens is 390 g/mol. The van der Waals surface area contributed by atoms with Crippen LogP contribution >= 0.6 is 11.8 Å². The first-order chi connectivity index (χ1) is 14.1. The van der Waals surface area contributed by atoms with E-state index in [4.69, 9.17) is 9.47 Å². The Morgan fingerprint density at radius 2 is 2.07 bits per heavy atom. The molecule has 3 aliphatic heterocycles. The summed E-state index contributed by atoms with van der Waals surface area (Å²) >= 11 is 1.95. The first kappa shape index (κ1) is 20.5. The number of ether oxygens (including phenoxy) is 2. The SMILES string of the molecule is COc1ccc(N2CC(C(=O)NCC3(N4CCOCC4)CCSC3)CC2=O)cc1. The zero-order valence-electron chi connectivity index (χ0n) is 16.9. The molecule has 0 radical (unpaired) electrons. The first-order valence-corrected chi connectivity index (χ1v) is 11.4. The van der Waals surface area contributed by atoms with E-state index in [1.54, 1.807) is 12.0 Å². The van der Waals surface area contributed by atoms with Crippen molar-refractivity contribution in [2.45, 2.75) is 18.4 Å². The molecule has 8 heteroatoms. The lowest BCUT2D eigenvalue weighted by molar-refractivity contribution is -0.127. The van der Waals surface area contributed by atoms with E-state index < -0.39 is 0 Å². The summed E-state index contributed by atoms with van der Waals surface area (Å²) in [5, 5.41) is 3.18. The lowest BCUT2D eigenvalue weighted by Gasteiger charge is -2.43. The number of morpholine rings is 1. The molecule has 0 aliphatic carbocycles. The molecule has 29 heavy (non-hydrogen) atoms. The Labute approximate surface area is 176 Å². The number of hydrogen-bond acceptors (Lipinski definition) is 6. The van der Waals surface area contributed by atoms with Crippen LogP contribution in [0.4, 0.5) is 5.69 Å². The third-order valence-electron chi connectivity index (χ3n) is 6.24. The van der Waals surface area contributed by atoms with E-state index in [0.29, 0.717) is 13.1 Å². The number of carbonyl (C=O) groups is 2. The number of nitrogens with one attached hydrogen (secondary N) is 1. The van der Waals surface area contributed by atoms with Gasteiger partial charge in [-0.25, -0.2) is 0 Å². The number of carbonyl (C=O) groups excluding carboxylic acids is 2. The Morgan fingerprint density at radius 1 is 1.31 bits per heavy atom. The van der Waals surface area contributed by atoms with Gasteiger partial charge in [-0.15, -0.1) is 0 Å². The van der Waals surface area contributed by atoms with Gasteiger partial charge in [0.2, 0.25) is 11.8 Å². The van der Waals surface area contributed by atoms with Gasteiger partial charge in [-0.2, -0.15) is 11.8 Å². The van der Waals surface area contributed by atoms with E-state index in [2.05, 4.69) is 10.2 Å². The summed E-state index contributed by atoms with van der Waals surface area (Å²) in [5.41, 5.74) is 0.825. The number of benzene rings is 1. The molecule has 0 aromatic heterocycles. The second-order valence-corrected chi connectivity index (χ2v) is 9.05. The minimum absolute atomic E-state index is 0.00497. The van der Waals surface area contributed by atoms with Gasteiger partial charge in [0, 0.05) is 49.6 Å². The Bertz CT molecular complexity index is 730. The van der Waals surface area contributed by atoms with Crippen molar-refractivity contribution in [3.05, 3.63) is 24.3 Å². The summed E-state index contributed by atoms with van der Waals surface area (Å²) in [6.45, 7) is 4.43. The molecule has 3 saturated heterocycles. The average molecular weight is 420 g/mol. The van der Waals surface area contributed by atoms with Crippen LogP contribution in [-0.2, 0) is 14.3 Å². The van der Waals surface area contributed by atoms with Gasteiger partial charge in [-0.05, 0) is 36.4 Å². The van der Waals surface area contributed by atoms with Gasteiger partial charge in [-0.1, -0.05) is 0 Å². The zero-order valence-corrected chi connectivity index (χ0v) is 17.7. The van der Waals surface area contributed by atoms with Gasteiger partial charge in [0.1, 0.15) is 5.75 Å². The highest BCUT2D eigenvalue weighted by Gasteiger charge is 2.42. The van der Waals surface area contributed by atoms with Crippen LogP contribution in [0.3, 0.4) is 0 Å². The van der Waals surface area contributed by atoms with E-state index in [1.165, 1.54) is 0 Å². The van der Waals surface area contributed by atoms with Gasteiger partial charge in [0.25, 0.3) is 0 Å². The molecular formula is C21H29N3O4S. The van der Waals surface area contributed by atoms with E-state index in [1.807, 2.05) is 36.0 Å². The van der Waals surface area contributed by atoms with Gasteiger partial charge in [-0.3, -0.25) is 14.5 Å². The monoisotopic (exact) mass is 419 g/mol. The fraction of sp³-hybridized carbons (Fsp3) is 0.619. The third kappa shape index (κ3) is 4.39. The van der Waals surface area contributed by atoms with Crippen LogP contribution in [-0.4, -0.2) is 80.3 Å². The largest absolute Gasteiger partial charge is 0.497 e. The van der Waals surface area contributed by atoms with Crippen molar-refractivity contribution >= 4 is 29.3 Å². The van der Waals surface area contributed by atoms with Crippen LogP contribution in [0.5, 0.6) is 5.75 Å². The van der Waals surface area contributed by atoms with Gasteiger partial charge < -0.3 is 19.7 Å². The van der Waals surface area contributed by atoms with Gasteiger partial charge in [0.15, 0.2) is 0 Å². The molecule has 2 amide bonds. The summed E-state index contributed by atoms with van der Waals surface area (Å²) in [4.78, 5) is 29.6. The van der Waals surface area contributed by atoms with Gasteiger partial charge in [0.05, 0.1) is 26.2 Å². The summed E-state index contributed by atoms with van der Waals surface area (Å²) in [6.07, 6.45) is 1.34. The molecule has 158 valence electrons. The third-order valence-corrected chi connectivity index (χ3v) is 7.47. The van der Waals surface area contributed by atoms with Crippen molar-refractivity contribution in [1.82, 2.24) is 10.2 Å². The smallest absolute Gasteiger partial charge is 0.227 e. The quantitative estimate of drug-likeness (QED) is 0.751. The van der Waals surface area contributed by atoms with Crippen LogP contribution in [0.25, 0.3) is 0 Å². The molecule has 4 rings (SSSR count). The highest BCUT2D eigenvalue weighted by atomic mass is 32.2. The van der Waals surface area contributed by atoms with E-state index >= 15 is 0 Å². The topological polar surface area (TPSA) is 71.1 Å². The van der Waals surface area contributed by atoms with E-state index in [-0.39, 0.29) is 29.7 Å². The van der Waals surface area contributed by atoms with Crippen molar-refractivity contribution < 1.29 is 19.1 Å². The molecule has 2 unspecified atom stereocenters. The number of amides is 2.